The van der Waals surface area contributed by atoms with E-state index in [1.165, 1.54) is 18.2 Å². The van der Waals surface area contributed by atoms with Gasteiger partial charge in [0, 0.05) is 23.7 Å². The summed E-state index contributed by atoms with van der Waals surface area (Å²) in [6.45, 7) is 3.66. The molecule has 7 nitrogen and oxygen atoms in total. The van der Waals surface area contributed by atoms with Crippen molar-refractivity contribution in [3.63, 3.8) is 0 Å². The molecule has 0 spiro atoms. The number of hydrogen-bond acceptors (Lipinski definition) is 5. The Morgan fingerprint density at radius 3 is 2.80 bits per heavy atom. The highest BCUT2D eigenvalue weighted by molar-refractivity contribution is 5.95. The standard InChI is InChI=1S/C13H14N2O5/c1-7(2)14-12(16)6-11-9-4-3-8(15(18)19)5-10(9)13(17)20-11/h3-5,7,11H,6H2,1-2H3,(H,14,16)/t11-/m0/s1. The van der Waals surface area contributed by atoms with Gasteiger partial charge in [-0.2, -0.15) is 0 Å². The van der Waals surface area contributed by atoms with E-state index in [2.05, 4.69) is 5.32 Å². The predicted molar refractivity (Wildman–Crippen MR) is 69.1 cm³/mol. The van der Waals surface area contributed by atoms with Gasteiger partial charge in [-0.25, -0.2) is 4.79 Å². The molecule has 0 fully saturated rings. The molecule has 0 saturated heterocycles. The second-order valence-corrected chi connectivity index (χ2v) is 4.85. The van der Waals surface area contributed by atoms with Gasteiger partial charge >= 0.3 is 5.97 Å². The van der Waals surface area contributed by atoms with Gasteiger partial charge in [0.2, 0.25) is 5.91 Å². The number of non-ortho nitro benzene ring substituents is 1. The fourth-order valence-electron chi connectivity index (χ4n) is 2.07. The highest BCUT2D eigenvalue weighted by Crippen LogP contribution is 2.34. The van der Waals surface area contributed by atoms with Crippen LogP contribution in [0.5, 0.6) is 0 Å². The average Bonchev–Trinajstić information content (AvgIpc) is 2.64. The Balaban J connectivity index is 2.20. The SMILES string of the molecule is CC(C)NC(=O)C[C@@H]1OC(=O)c2cc([N+](=O)[O-])ccc21. The third-order valence-corrected chi connectivity index (χ3v) is 2.88. The fourth-order valence-corrected chi connectivity index (χ4v) is 2.07. The van der Waals surface area contributed by atoms with Crippen molar-refractivity contribution >= 4 is 17.6 Å². The third-order valence-electron chi connectivity index (χ3n) is 2.88. The van der Waals surface area contributed by atoms with E-state index in [-0.39, 0.29) is 29.6 Å². The Bertz CT molecular complexity index is 582. The quantitative estimate of drug-likeness (QED) is 0.513. The average molecular weight is 278 g/mol. The molecule has 0 aromatic heterocycles. The molecular formula is C13H14N2O5. The summed E-state index contributed by atoms with van der Waals surface area (Å²) >= 11 is 0. The van der Waals surface area contributed by atoms with Crippen molar-refractivity contribution in [2.24, 2.45) is 0 Å². The number of amides is 1. The van der Waals surface area contributed by atoms with E-state index < -0.39 is 17.0 Å². The molecule has 1 amide bonds. The molecule has 1 aromatic rings. The summed E-state index contributed by atoms with van der Waals surface area (Å²) in [5.41, 5.74) is 0.494. The molecule has 0 unspecified atom stereocenters. The zero-order valence-corrected chi connectivity index (χ0v) is 11.1. The van der Waals surface area contributed by atoms with Gasteiger partial charge < -0.3 is 10.1 Å². The zero-order chi connectivity index (χ0) is 14.9. The van der Waals surface area contributed by atoms with E-state index in [4.69, 9.17) is 4.74 Å². The van der Waals surface area contributed by atoms with Crippen molar-refractivity contribution in [2.45, 2.75) is 32.4 Å². The van der Waals surface area contributed by atoms with Crippen LogP contribution in [0.25, 0.3) is 0 Å². The molecule has 7 heteroatoms. The van der Waals surface area contributed by atoms with Gasteiger partial charge in [0.1, 0.15) is 6.10 Å². The van der Waals surface area contributed by atoms with Crippen molar-refractivity contribution in [1.29, 1.82) is 0 Å². The number of nitrogens with zero attached hydrogens (tertiary/aromatic N) is 1. The van der Waals surface area contributed by atoms with Crippen molar-refractivity contribution < 1.29 is 19.2 Å². The maximum atomic E-state index is 11.7. The normalized spacial score (nSPS) is 16.8. The first-order valence-electron chi connectivity index (χ1n) is 6.17. The van der Waals surface area contributed by atoms with Crippen LogP contribution in [0.3, 0.4) is 0 Å². The van der Waals surface area contributed by atoms with Crippen molar-refractivity contribution in [2.75, 3.05) is 0 Å². The van der Waals surface area contributed by atoms with Gasteiger partial charge in [-0.1, -0.05) is 0 Å². The minimum atomic E-state index is -0.683. The Hall–Kier alpha value is -2.44. The van der Waals surface area contributed by atoms with E-state index in [9.17, 15) is 19.7 Å². The first-order chi connectivity index (χ1) is 9.38. The van der Waals surface area contributed by atoms with Crippen molar-refractivity contribution in [3.05, 3.63) is 39.4 Å². The van der Waals surface area contributed by atoms with Gasteiger partial charge in [0.25, 0.3) is 5.69 Å². The number of rotatable bonds is 4. The third kappa shape index (κ3) is 2.76. The monoisotopic (exact) mass is 278 g/mol. The van der Waals surface area contributed by atoms with Gasteiger partial charge in [-0.05, 0) is 19.9 Å². The number of carbonyl (C=O) groups is 2. The van der Waals surface area contributed by atoms with E-state index in [1.54, 1.807) is 0 Å². The first-order valence-corrected chi connectivity index (χ1v) is 6.17. The van der Waals surface area contributed by atoms with Crippen LogP contribution < -0.4 is 5.32 Å². The number of hydrogen-bond donors (Lipinski definition) is 1. The van der Waals surface area contributed by atoms with Gasteiger partial charge in [-0.3, -0.25) is 14.9 Å². The Labute approximate surface area is 115 Å². The maximum Gasteiger partial charge on any atom is 0.339 e. The fraction of sp³-hybridized carbons (Fsp3) is 0.385. The molecule has 0 saturated carbocycles. The van der Waals surface area contributed by atoms with Gasteiger partial charge in [0.15, 0.2) is 0 Å². The number of fused-ring (bicyclic) bond motifs is 1. The number of nitro benzene ring substituents is 1. The van der Waals surface area contributed by atoms with Crippen LogP contribution in [0.1, 0.15) is 42.3 Å². The molecular weight excluding hydrogens is 264 g/mol. The zero-order valence-electron chi connectivity index (χ0n) is 11.1. The Morgan fingerprint density at radius 2 is 2.20 bits per heavy atom. The van der Waals surface area contributed by atoms with Gasteiger partial charge in [-0.15, -0.1) is 0 Å². The topological polar surface area (TPSA) is 98.5 Å². The summed E-state index contributed by atoms with van der Waals surface area (Å²) in [7, 11) is 0. The van der Waals surface area contributed by atoms with E-state index >= 15 is 0 Å². The number of carbonyl (C=O) groups excluding carboxylic acids is 2. The molecule has 1 aromatic carbocycles. The Morgan fingerprint density at radius 1 is 1.50 bits per heavy atom. The molecule has 1 heterocycles. The number of ether oxygens (including phenoxy) is 1. The van der Waals surface area contributed by atoms with E-state index in [0.717, 1.165) is 0 Å². The summed E-state index contributed by atoms with van der Waals surface area (Å²) in [4.78, 5) is 33.5. The largest absolute Gasteiger partial charge is 0.453 e. The van der Waals surface area contributed by atoms with Crippen molar-refractivity contribution in [1.82, 2.24) is 5.32 Å². The number of nitro groups is 1. The molecule has 1 atom stereocenters. The molecule has 1 aliphatic heterocycles. The lowest BCUT2D eigenvalue weighted by Crippen LogP contribution is -2.31. The lowest BCUT2D eigenvalue weighted by atomic mass is 10.0. The number of cyclic esters (lactones) is 1. The second-order valence-electron chi connectivity index (χ2n) is 4.85. The molecule has 0 bridgehead atoms. The minimum Gasteiger partial charge on any atom is -0.453 e. The minimum absolute atomic E-state index is 0.00376. The van der Waals surface area contributed by atoms with E-state index in [1.807, 2.05) is 13.8 Å². The van der Waals surface area contributed by atoms with Crippen LogP contribution in [0.15, 0.2) is 18.2 Å². The number of esters is 1. The molecule has 106 valence electrons. The maximum absolute atomic E-state index is 11.7. The molecule has 20 heavy (non-hydrogen) atoms. The summed E-state index contributed by atoms with van der Waals surface area (Å²) < 4.78 is 5.10. The molecule has 0 aliphatic carbocycles. The predicted octanol–water partition coefficient (Wildman–Crippen LogP) is 1.72. The highest BCUT2D eigenvalue weighted by Gasteiger charge is 2.34. The summed E-state index contributed by atoms with van der Waals surface area (Å²) in [6, 6.07) is 3.94. The highest BCUT2D eigenvalue weighted by atomic mass is 16.6. The lowest BCUT2D eigenvalue weighted by molar-refractivity contribution is -0.384. The van der Waals surface area contributed by atoms with E-state index in [0.29, 0.717) is 5.56 Å². The lowest BCUT2D eigenvalue weighted by Gasteiger charge is -2.12. The van der Waals surface area contributed by atoms with Crippen LogP contribution in [0.4, 0.5) is 5.69 Å². The summed E-state index contributed by atoms with van der Waals surface area (Å²) in [6.07, 6.45) is -0.675. The molecule has 1 N–H and O–H groups in total. The number of benzene rings is 1. The van der Waals surface area contributed by atoms with Gasteiger partial charge in [0.05, 0.1) is 16.9 Å². The second kappa shape index (κ2) is 5.28. The first kappa shape index (κ1) is 14.0. The van der Waals surface area contributed by atoms with Crippen LogP contribution in [0.2, 0.25) is 0 Å². The summed E-state index contributed by atoms with van der Waals surface area (Å²) in [5.74, 6) is -0.866. The van der Waals surface area contributed by atoms with Crippen LogP contribution in [0, 0.1) is 10.1 Å². The van der Waals surface area contributed by atoms with Crippen LogP contribution in [-0.4, -0.2) is 22.8 Å². The smallest absolute Gasteiger partial charge is 0.339 e. The van der Waals surface area contributed by atoms with Crippen molar-refractivity contribution in [3.8, 4) is 0 Å². The van der Waals surface area contributed by atoms with Crippen LogP contribution in [-0.2, 0) is 9.53 Å². The number of nitrogens with one attached hydrogen (secondary N) is 1. The molecule has 1 aliphatic rings. The summed E-state index contributed by atoms with van der Waals surface area (Å²) in [5, 5.41) is 13.4. The van der Waals surface area contributed by atoms with Crippen LogP contribution >= 0.6 is 0 Å². The molecule has 2 rings (SSSR count). The molecule has 0 radical (unpaired) electrons. The Kier molecular flexibility index (Phi) is 3.69.